The number of ether oxygens (including phenoxy) is 1. The molecule has 0 aliphatic heterocycles. The quantitative estimate of drug-likeness (QED) is 0.562. The van der Waals surface area contributed by atoms with Gasteiger partial charge in [0, 0.05) is 8.04 Å². The van der Waals surface area contributed by atoms with Crippen molar-refractivity contribution in [1.29, 1.82) is 0 Å². The average molecular weight is 454 g/mol. The first-order chi connectivity index (χ1) is 9.10. The molecule has 1 rings (SSSR count). The van der Waals surface area contributed by atoms with Gasteiger partial charge in [-0.2, -0.15) is 0 Å². The third-order valence-corrected chi connectivity index (χ3v) is 3.64. The zero-order valence-electron chi connectivity index (χ0n) is 11.8. The van der Waals surface area contributed by atoms with Crippen molar-refractivity contribution in [3.63, 3.8) is 0 Å². The normalized spacial score (nSPS) is 12.7. The Bertz CT molecular complexity index is 526. The smallest absolute Gasteiger partial charge is 0.328 e. The molecule has 20 heavy (non-hydrogen) atoms. The van der Waals surface area contributed by atoms with Crippen LogP contribution in [0.5, 0.6) is 0 Å². The summed E-state index contributed by atoms with van der Waals surface area (Å²) in [5, 5.41) is 2.64. The number of amides is 1. The molecular formula is C14H17BrINO3. The number of benzene rings is 1. The van der Waals surface area contributed by atoms with Gasteiger partial charge in [-0.05, 0) is 84.4 Å². The maximum Gasteiger partial charge on any atom is 0.328 e. The Morgan fingerprint density at radius 3 is 2.50 bits per heavy atom. The third-order valence-electron chi connectivity index (χ3n) is 2.28. The van der Waals surface area contributed by atoms with E-state index in [9.17, 15) is 9.59 Å². The van der Waals surface area contributed by atoms with Crippen LogP contribution in [0, 0.1) is 3.57 Å². The second-order valence-electron chi connectivity index (χ2n) is 5.35. The molecule has 0 aliphatic carbocycles. The van der Waals surface area contributed by atoms with Crippen molar-refractivity contribution < 1.29 is 14.3 Å². The van der Waals surface area contributed by atoms with Gasteiger partial charge in [-0.1, -0.05) is 0 Å². The number of rotatable bonds is 3. The van der Waals surface area contributed by atoms with Crippen molar-refractivity contribution in [3.8, 4) is 0 Å². The van der Waals surface area contributed by atoms with Crippen LogP contribution in [0.3, 0.4) is 0 Å². The molecule has 6 heteroatoms. The molecule has 0 bridgehead atoms. The van der Waals surface area contributed by atoms with E-state index in [2.05, 4.69) is 43.8 Å². The molecule has 0 unspecified atom stereocenters. The van der Waals surface area contributed by atoms with Crippen LogP contribution in [0.1, 0.15) is 38.1 Å². The largest absolute Gasteiger partial charge is 0.458 e. The van der Waals surface area contributed by atoms with Gasteiger partial charge in [0.15, 0.2) is 0 Å². The summed E-state index contributed by atoms with van der Waals surface area (Å²) in [6, 6.07) is 4.74. The van der Waals surface area contributed by atoms with Crippen molar-refractivity contribution in [2.45, 2.75) is 39.3 Å². The average Bonchev–Trinajstić information content (AvgIpc) is 2.29. The van der Waals surface area contributed by atoms with Gasteiger partial charge in [0.25, 0.3) is 5.91 Å². The molecule has 110 valence electrons. The minimum atomic E-state index is -0.702. The molecule has 0 fully saturated rings. The molecule has 0 aromatic heterocycles. The van der Waals surface area contributed by atoms with Gasteiger partial charge in [-0.15, -0.1) is 0 Å². The van der Waals surface area contributed by atoms with Crippen molar-refractivity contribution in [2.75, 3.05) is 0 Å². The fourth-order valence-corrected chi connectivity index (χ4v) is 2.31. The Kier molecular flexibility index (Phi) is 6.00. The first-order valence-corrected chi connectivity index (χ1v) is 7.96. The number of carbonyl (C=O) groups excluding carboxylic acids is 2. The Hall–Kier alpha value is -0.630. The summed E-state index contributed by atoms with van der Waals surface area (Å²) in [6.45, 7) is 6.97. The highest BCUT2D eigenvalue weighted by atomic mass is 127. The van der Waals surface area contributed by atoms with Gasteiger partial charge < -0.3 is 10.1 Å². The van der Waals surface area contributed by atoms with E-state index in [4.69, 9.17) is 4.74 Å². The predicted molar refractivity (Wildman–Crippen MR) is 89.6 cm³/mol. The van der Waals surface area contributed by atoms with E-state index >= 15 is 0 Å². The molecule has 0 saturated carbocycles. The van der Waals surface area contributed by atoms with Crippen LogP contribution in [-0.2, 0) is 9.53 Å². The lowest BCUT2D eigenvalue weighted by molar-refractivity contribution is -0.156. The van der Waals surface area contributed by atoms with Crippen LogP contribution in [0.15, 0.2) is 22.7 Å². The summed E-state index contributed by atoms with van der Waals surface area (Å²) in [4.78, 5) is 24.0. The highest BCUT2D eigenvalue weighted by Gasteiger charge is 2.24. The number of halogens is 2. The fourth-order valence-electron chi connectivity index (χ4n) is 1.39. The van der Waals surface area contributed by atoms with E-state index in [0.29, 0.717) is 10.0 Å². The minimum absolute atomic E-state index is 0.311. The van der Waals surface area contributed by atoms with Crippen LogP contribution in [-0.4, -0.2) is 23.5 Å². The monoisotopic (exact) mass is 453 g/mol. The molecule has 0 aliphatic rings. The number of carbonyl (C=O) groups is 2. The lowest BCUT2D eigenvalue weighted by Gasteiger charge is -2.22. The molecule has 0 saturated heterocycles. The van der Waals surface area contributed by atoms with Gasteiger partial charge in [0.1, 0.15) is 11.6 Å². The fraction of sp³-hybridized carbons (Fsp3) is 0.429. The summed E-state index contributed by atoms with van der Waals surface area (Å²) < 4.78 is 6.86. The van der Waals surface area contributed by atoms with Gasteiger partial charge in [0.05, 0.1) is 5.56 Å². The van der Waals surface area contributed by atoms with E-state index in [-0.39, 0.29) is 5.91 Å². The first kappa shape index (κ1) is 17.4. The summed E-state index contributed by atoms with van der Waals surface area (Å²) in [7, 11) is 0. The molecule has 1 amide bonds. The zero-order chi connectivity index (χ0) is 15.5. The van der Waals surface area contributed by atoms with Crippen molar-refractivity contribution in [1.82, 2.24) is 5.32 Å². The lowest BCUT2D eigenvalue weighted by Crippen LogP contribution is -2.42. The highest BCUT2D eigenvalue weighted by molar-refractivity contribution is 14.1. The minimum Gasteiger partial charge on any atom is -0.458 e. The van der Waals surface area contributed by atoms with E-state index < -0.39 is 17.6 Å². The maximum absolute atomic E-state index is 12.1. The van der Waals surface area contributed by atoms with Crippen LogP contribution < -0.4 is 5.32 Å². The second kappa shape index (κ2) is 6.89. The molecule has 4 nitrogen and oxygen atoms in total. The van der Waals surface area contributed by atoms with Crippen LogP contribution in [0.2, 0.25) is 0 Å². The van der Waals surface area contributed by atoms with Crippen LogP contribution in [0.25, 0.3) is 0 Å². The van der Waals surface area contributed by atoms with E-state index in [1.54, 1.807) is 39.8 Å². The Balaban J connectivity index is 2.75. The highest BCUT2D eigenvalue weighted by Crippen LogP contribution is 2.19. The zero-order valence-corrected chi connectivity index (χ0v) is 15.5. The molecule has 1 aromatic carbocycles. The van der Waals surface area contributed by atoms with Crippen LogP contribution >= 0.6 is 38.5 Å². The molecule has 1 atom stereocenters. The summed E-state index contributed by atoms with van der Waals surface area (Å²) in [6.07, 6.45) is 0. The SMILES string of the molecule is C[C@@H](NC(=O)c1cc(I)ccc1Br)C(=O)OC(C)(C)C. The van der Waals surface area contributed by atoms with Crippen LogP contribution in [0.4, 0.5) is 0 Å². The van der Waals surface area contributed by atoms with Gasteiger partial charge in [-0.25, -0.2) is 4.79 Å². The number of nitrogens with one attached hydrogen (secondary N) is 1. The third kappa shape index (κ3) is 5.40. The molecule has 0 spiro atoms. The number of hydrogen-bond donors (Lipinski definition) is 1. The van der Waals surface area contributed by atoms with E-state index in [1.165, 1.54) is 0 Å². The van der Waals surface area contributed by atoms with Crippen molar-refractivity contribution >= 4 is 50.4 Å². The number of hydrogen-bond acceptors (Lipinski definition) is 3. The first-order valence-electron chi connectivity index (χ1n) is 6.09. The maximum atomic E-state index is 12.1. The second-order valence-corrected chi connectivity index (χ2v) is 7.45. The van der Waals surface area contributed by atoms with E-state index in [0.717, 1.165) is 3.57 Å². The standard InChI is InChI=1S/C14H17BrINO3/c1-8(13(19)20-14(2,3)4)17-12(18)10-7-9(16)5-6-11(10)15/h5-8H,1-4H3,(H,17,18)/t8-/m1/s1. The Morgan fingerprint density at radius 1 is 1.35 bits per heavy atom. The summed E-state index contributed by atoms with van der Waals surface area (Å²) >= 11 is 5.45. The molecule has 0 radical (unpaired) electrons. The topological polar surface area (TPSA) is 55.4 Å². The van der Waals surface area contributed by atoms with Gasteiger partial charge in [0.2, 0.25) is 0 Å². The molecule has 0 heterocycles. The summed E-state index contributed by atoms with van der Waals surface area (Å²) in [5.41, 5.74) is -0.0778. The molecule has 1 N–H and O–H groups in total. The Labute approximate surface area is 140 Å². The van der Waals surface area contributed by atoms with Crippen molar-refractivity contribution in [3.05, 3.63) is 31.8 Å². The van der Waals surface area contributed by atoms with Crippen molar-refractivity contribution in [2.24, 2.45) is 0 Å². The molecular weight excluding hydrogens is 437 g/mol. The van der Waals surface area contributed by atoms with E-state index in [1.807, 2.05) is 6.07 Å². The summed E-state index contributed by atoms with van der Waals surface area (Å²) in [5.74, 6) is -0.763. The van der Waals surface area contributed by atoms with Gasteiger partial charge >= 0.3 is 5.97 Å². The predicted octanol–water partition coefficient (Wildman–Crippen LogP) is 3.51. The molecule has 1 aromatic rings. The number of esters is 1. The Morgan fingerprint density at radius 2 is 1.95 bits per heavy atom. The van der Waals surface area contributed by atoms with Gasteiger partial charge in [-0.3, -0.25) is 4.79 Å². The lowest BCUT2D eigenvalue weighted by atomic mass is 10.2.